The number of hydrogen-bond donors (Lipinski definition) is 1. The van der Waals surface area contributed by atoms with E-state index in [0.717, 1.165) is 12.8 Å². The minimum Gasteiger partial charge on any atom is -0.399 e. The summed E-state index contributed by atoms with van der Waals surface area (Å²) >= 11 is 0. The van der Waals surface area contributed by atoms with Crippen LogP contribution in [0.2, 0.25) is 0 Å². The van der Waals surface area contributed by atoms with E-state index >= 15 is 0 Å². The summed E-state index contributed by atoms with van der Waals surface area (Å²) in [5.74, 6) is -0.679. The second-order valence-corrected chi connectivity index (χ2v) is 4.52. The molecule has 1 fully saturated rings. The van der Waals surface area contributed by atoms with E-state index in [4.69, 9.17) is 10.5 Å². The van der Waals surface area contributed by atoms with Crippen LogP contribution in [-0.4, -0.2) is 37.1 Å². The van der Waals surface area contributed by atoms with Crippen LogP contribution in [0.15, 0.2) is 18.2 Å². The van der Waals surface area contributed by atoms with Gasteiger partial charge in [0.05, 0.1) is 6.10 Å². The molecule has 0 bridgehead atoms. The van der Waals surface area contributed by atoms with Crippen molar-refractivity contribution in [1.29, 1.82) is 0 Å². The van der Waals surface area contributed by atoms with Gasteiger partial charge in [-0.15, -0.1) is 0 Å². The number of nitrogens with two attached hydrogens (primary N) is 1. The van der Waals surface area contributed by atoms with Crippen molar-refractivity contribution in [3.63, 3.8) is 0 Å². The highest BCUT2D eigenvalue weighted by Crippen LogP contribution is 2.18. The minimum absolute atomic E-state index is 0.0635. The summed E-state index contributed by atoms with van der Waals surface area (Å²) in [6.45, 7) is 1.22. The van der Waals surface area contributed by atoms with Crippen LogP contribution in [0.3, 0.4) is 0 Å². The van der Waals surface area contributed by atoms with Gasteiger partial charge in [0.15, 0.2) is 0 Å². The molecule has 0 aromatic heterocycles. The quantitative estimate of drug-likeness (QED) is 0.814. The van der Waals surface area contributed by atoms with Gasteiger partial charge in [-0.1, -0.05) is 0 Å². The minimum atomic E-state index is -0.487. The Balaban J connectivity index is 2.15. The first-order chi connectivity index (χ1) is 8.60. The molecule has 0 aliphatic carbocycles. The Labute approximate surface area is 106 Å². The number of ether oxygens (including phenoxy) is 1. The molecule has 0 radical (unpaired) electrons. The van der Waals surface area contributed by atoms with Crippen LogP contribution in [0, 0.1) is 5.82 Å². The van der Waals surface area contributed by atoms with E-state index in [-0.39, 0.29) is 17.7 Å². The fourth-order valence-corrected chi connectivity index (χ4v) is 2.23. The summed E-state index contributed by atoms with van der Waals surface area (Å²) in [5.41, 5.74) is 6.10. The van der Waals surface area contributed by atoms with Gasteiger partial charge in [0, 0.05) is 31.5 Å². The fourth-order valence-electron chi connectivity index (χ4n) is 2.23. The average molecular weight is 252 g/mol. The number of anilines is 1. The number of rotatable bonds is 2. The molecule has 1 aliphatic rings. The third kappa shape index (κ3) is 2.79. The van der Waals surface area contributed by atoms with E-state index in [2.05, 4.69) is 0 Å². The van der Waals surface area contributed by atoms with E-state index in [1.165, 1.54) is 18.2 Å². The standard InChI is InChI=1S/C13H17FN2O2/c1-18-12-3-2-4-16(8-12)13(17)9-5-10(14)7-11(15)6-9/h5-7,12H,2-4,8,15H2,1H3. The number of carbonyl (C=O) groups excluding carboxylic acids is 1. The fraction of sp³-hybridized carbons (Fsp3) is 0.462. The molecule has 98 valence electrons. The summed E-state index contributed by atoms with van der Waals surface area (Å²) < 4.78 is 18.5. The zero-order valence-electron chi connectivity index (χ0n) is 10.4. The number of amides is 1. The first-order valence-corrected chi connectivity index (χ1v) is 5.98. The molecule has 5 heteroatoms. The monoisotopic (exact) mass is 252 g/mol. The van der Waals surface area contributed by atoms with Gasteiger partial charge < -0.3 is 15.4 Å². The molecule has 1 aromatic rings. The van der Waals surface area contributed by atoms with Crippen molar-refractivity contribution in [1.82, 2.24) is 4.90 Å². The Kier molecular flexibility index (Phi) is 3.81. The highest BCUT2D eigenvalue weighted by molar-refractivity contribution is 5.95. The predicted octanol–water partition coefficient (Wildman–Crippen LogP) is 1.66. The van der Waals surface area contributed by atoms with Crippen LogP contribution in [0.25, 0.3) is 0 Å². The van der Waals surface area contributed by atoms with Gasteiger partial charge in [-0.3, -0.25) is 4.79 Å². The van der Waals surface area contributed by atoms with Crippen molar-refractivity contribution in [3.8, 4) is 0 Å². The van der Waals surface area contributed by atoms with E-state index in [1.54, 1.807) is 12.0 Å². The second kappa shape index (κ2) is 5.35. The molecule has 2 N–H and O–H groups in total. The van der Waals surface area contributed by atoms with Crippen molar-refractivity contribution in [2.45, 2.75) is 18.9 Å². The van der Waals surface area contributed by atoms with Crippen molar-refractivity contribution in [3.05, 3.63) is 29.6 Å². The molecule has 1 aromatic carbocycles. The smallest absolute Gasteiger partial charge is 0.254 e. The van der Waals surface area contributed by atoms with Gasteiger partial charge >= 0.3 is 0 Å². The Morgan fingerprint density at radius 3 is 2.94 bits per heavy atom. The van der Waals surface area contributed by atoms with Crippen LogP contribution in [0.5, 0.6) is 0 Å². The maximum atomic E-state index is 13.2. The number of benzene rings is 1. The predicted molar refractivity (Wildman–Crippen MR) is 66.7 cm³/mol. The molecular weight excluding hydrogens is 235 g/mol. The molecule has 4 nitrogen and oxygen atoms in total. The lowest BCUT2D eigenvalue weighted by Gasteiger charge is -2.32. The summed E-state index contributed by atoms with van der Waals surface area (Å²) in [4.78, 5) is 13.9. The van der Waals surface area contributed by atoms with Crippen LogP contribution in [0.1, 0.15) is 23.2 Å². The van der Waals surface area contributed by atoms with Gasteiger partial charge in [0.1, 0.15) is 5.82 Å². The van der Waals surface area contributed by atoms with Crippen LogP contribution >= 0.6 is 0 Å². The summed E-state index contributed by atoms with van der Waals surface area (Å²) in [6, 6.07) is 3.92. The molecule has 1 aliphatic heterocycles. The highest BCUT2D eigenvalue weighted by atomic mass is 19.1. The lowest BCUT2D eigenvalue weighted by molar-refractivity contribution is 0.0269. The number of methoxy groups -OCH3 is 1. The van der Waals surface area contributed by atoms with E-state index in [9.17, 15) is 9.18 Å². The van der Waals surface area contributed by atoms with Crippen LogP contribution in [-0.2, 0) is 4.74 Å². The van der Waals surface area contributed by atoms with Gasteiger partial charge in [0.25, 0.3) is 5.91 Å². The lowest BCUT2D eigenvalue weighted by atomic mass is 10.1. The number of hydrogen-bond acceptors (Lipinski definition) is 3. The zero-order valence-corrected chi connectivity index (χ0v) is 10.4. The zero-order chi connectivity index (χ0) is 13.1. The van der Waals surface area contributed by atoms with Crippen LogP contribution in [0.4, 0.5) is 10.1 Å². The first kappa shape index (κ1) is 12.8. The molecule has 0 saturated carbocycles. The molecular formula is C13H17FN2O2. The largest absolute Gasteiger partial charge is 0.399 e. The summed E-state index contributed by atoms with van der Waals surface area (Å²) in [7, 11) is 1.64. The van der Waals surface area contributed by atoms with Gasteiger partial charge in [-0.2, -0.15) is 0 Å². The van der Waals surface area contributed by atoms with Gasteiger partial charge in [-0.05, 0) is 31.0 Å². The number of nitrogens with zero attached hydrogens (tertiary/aromatic N) is 1. The molecule has 1 saturated heterocycles. The number of piperidine rings is 1. The highest BCUT2D eigenvalue weighted by Gasteiger charge is 2.24. The first-order valence-electron chi connectivity index (χ1n) is 5.98. The van der Waals surface area contributed by atoms with Gasteiger partial charge in [-0.25, -0.2) is 4.39 Å². The number of halogens is 1. The lowest BCUT2D eigenvalue weighted by Crippen LogP contribution is -2.42. The van der Waals surface area contributed by atoms with E-state index in [0.29, 0.717) is 18.7 Å². The second-order valence-electron chi connectivity index (χ2n) is 4.52. The molecule has 1 atom stereocenters. The number of carbonyl (C=O) groups is 1. The van der Waals surface area contributed by atoms with E-state index in [1.807, 2.05) is 0 Å². The Morgan fingerprint density at radius 2 is 2.28 bits per heavy atom. The maximum absolute atomic E-state index is 13.2. The number of likely N-dealkylation sites (tertiary alicyclic amines) is 1. The van der Waals surface area contributed by atoms with Crippen molar-refractivity contribution >= 4 is 11.6 Å². The third-order valence-corrected chi connectivity index (χ3v) is 3.17. The van der Waals surface area contributed by atoms with E-state index < -0.39 is 5.82 Å². The van der Waals surface area contributed by atoms with Crippen LogP contribution < -0.4 is 5.73 Å². The Bertz CT molecular complexity index is 430. The van der Waals surface area contributed by atoms with Crippen molar-refractivity contribution < 1.29 is 13.9 Å². The summed E-state index contributed by atoms with van der Waals surface area (Å²) in [5, 5.41) is 0. The normalized spacial score (nSPS) is 19.9. The number of nitrogen functional groups attached to an aromatic ring is 1. The van der Waals surface area contributed by atoms with Gasteiger partial charge in [0.2, 0.25) is 0 Å². The van der Waals surface area contributed by atoms with Crippen molar-refractivity contribution in [2.24, 2.45) is 0 Å². The average Bonchev–Trinajstić information content (AvgIpc) is 2.37. The molecule has 1 amide bonds. The molecule has 1 heterocycles. The maximum Gasteiger partial charge on any atom is 0.254 e. The summed E-state index contributed by atoms with van der Waals surface area (Å²) in [6.07, 6.45) is 1.91. The molecule has 1 unspecified atom stereocenters. The Hall–Kier alpha value is -1.62. The Morgan fingerprint density at radius 1 is 1.50 bits per heavy atom. The third-order valence-electron chi connectivity index (χ3n) is 3.17. The SMILES string of the molecule is COC1CCCN(C(=O)c2cc(N)cc(F)c2)C1. The molecule has 2 rings (SSSR count). The topological polar surface area (TPSA) is 55.6 Å². The molecule has 18 heavy (non-hydrogen) atoms. The molecule has 0 spiro atoms. The van der Waals surface area contributed by atoms with Crippen molar-refractivity contribution in [2.75, 3.05) is 25.9 Å².